The fraction of sp³-hybridized carbons (Fsp3) is 0.0526. The van der Waals surface area contributed by atoms with Crippen LogP contribution in [0, 0.1) is 0 Å². The summed E-state index contributed by atoms with van der Waals surface area (Å²) in [5, 5.41) is 10.5. The fourth-order valence-electron chi connectivity index (χ4n) is 2.54. The third kappa shape index (κ3) is 3.90. The van der Waals surface area contributed by atoms with E-state index in [1.165, 1.54) is 18.2 Å². The van der Waals surface area contributed by atoms with Gasteiger partial charge in [-0.15, -0.1) is 0 Å². The van der Waals surface area contributed by atoms with Crippen molar-refractivity contribution >= 4 is 52.1 Å². The Balaban J connectivity index is 1.87. The van der Waals surface area contributed by atoms with Crippen molar-refractivity contribution in [3.8, 4) is 0 Å². The molecule has 0 amide bonds. The summed E-state index contributed by atoms with van der Waals surface area (Å²) in [6.07, 6.45) is 2.54. The van der Waals surface area contributed by atoms with Crippen LogP contribution < -0.4 is 0 Å². The molecule has 0 fully saturated rings. The Hall–Kier alpha value is -2.76. The number of aromatic amines is 1. The molecule has 1 aromatic heterocycles. The third-order valence-corrected chi connectivity index (χ3v) is 4.19. The van der Waals surface area contributed by atoms with Crippen molar-refractivity contribution in [1.82, 2.24) is 4.98 Å². The van der Waals surface area contributed by atoms with Gasteiger partial charge in [0.15, 0.2) is 0 Å². The molecule has 1 heterocycles. The summed E-state index contributed by atoms with van der Waals surface area (Å²) < 4.78 is 5.15. The Morgan fingerprint density at radius 3 is 2.58 bits per heavy atom. The molecular weight excluding hydrogens is 377 g/mol. The number of carbonyl (C=O) groups excluding carboxylic acids is 1. The van der Waals surface area contributed by atoms with E-state index >= 15 is 0 Å². The van der Waals surface area contributed by atoms with Crippen LogP contribution in [0.1, 0.15) is 21.6 Å². The standard InChI is InChI=1S/C19H13Cl2NO4/c20-12-8-14(21)17-13(18(19(24)25)22-15(17)9-12)6-7-16(23)26-10-11-4-2-1-3-5-11/h1-9,22H,10H2,(H,24,25)/b7-6+. The second-order valence-electron chi connectivity index (χ2n) is 5.46. The van der Waals surface area contributed by atoms with Crippen molar-refractivity contribution in [2.24, 2.45) is 0 Å². The smallest absolute Gasteiger partial charge is 0.352 e. The number of carboxylic acids is 1. The Labute approximate surface area is 158 Å². The van der Waals surface area contributed by atoms with Crippen molar-refractivity contribution in [2.75, 3.05) is 0 Å². The summed E-state index contributed by atoms with van der Waals surface area (Å²) in [7, 11) is 0. The molecule has 5 nitrogen and oxygen atoms in total. The molecule has 132 valence electrons. The molecule has 7 heteroatoms. The summed E-state index contributed by atoms with van der Waals surface area (Å²) >= 11 is 12.1. The minimum Gasteiger partial charge on any atom is -0.477 e. The maximum absolute atomic E-state index is 11.9. The normalized spacial score (nSPS) is 11.2. The Morgan fingerprint density at radius 2 is 1.88 bits per heavy atom. The summed E-state index contributed by atoms with van der Waals surface area (Å²) in [6, 6.07) is 12.3. The fourth-order valence-corrected chi connectivity index (χ4v) is 3.13. The van der Waals surface area contributed by atoms with Crippen molar-refractivity contribution in [2.45, 2.75) is 6.61 Å². The highest BCUT2D eigenvalue weighted by molar-refractivity contribution is 6.39. The Kier molecular flexibility index (Phi) is 5.30. The van der Waals surface area contributed by atoms with E-state index in [2.05, 4.69) is 4.98 Å². The molecule has 0 spiro atoms. The number of halogens is 2. The second kappa shape index (κ2) is 7.64. The summed E-state index contributed by atoms with van der Waals surface area (Å²) in [5.41, 5.74) is 1.52. The van der Waals surface area contributed by atoms with Crippen molar-refractivity contribution in [3.63, 3.8) is 0 Å². The number of esters is 1. The molecule has 3 aromatic rings. The van der Waals surface area contributed by atoms with Crippen LogP contribution in [0.3, 0.4) is 0 Å². The Morgan fingerprint density at radius 1 is 1.15 bits per heavy atom. The molecule has 2 N–H and O–H groups in total. The van der Waals surface area contributed by atoms with Gasteiger partial charge < -0.3 is 14.8 Å². The van der Waals surface area contributed by atoms with Gasteiger partial charge in [0.1, 0.15) is 12.3 Å². The maximum Gasteiger partial charge on any atom is 0.352 e. The van der Waals surface area contributed by atoms with E-state index in [4.69, 9.17) is 27.9 Å². The van der Waals surface area contributed by atoms with Crippen LogP contribution in [-0.2, 0) is 16.1 Å². The van der Waals surface area contributed by atoms with Crippen LogP contribution in [-0.4, -0.2) is 22.0 Å². The lowest BCUT2D eigenvalue weighted by molar-refractivity contribution is -0.138. The number of H-pyrrole nitrogens is 1. The van der Waals surface area contributed by atoms with E-state index in [0.717, 1.165) is 5.56 Å². The summed E-state index contributed by atoms with van der Waals surface area (Å²) in [4.78, 5) is 26.2. The maximum atomic E-state index is 11.9. The minimum atomic E-state index is -1.18. The average molecular weight is 390 g/mol. The first-order chi connectivity index (χ1) is 12.5. The van der Waals surface area contributed by atoms with Crippen molar-refractivity contribution in [1.29, 1.82) is 0 Å². The van der Waals surface area contributed by atoms with E-state index < -0.39 is 11.9 Å². The van der Waals surface area contributed by atoms with E-state index in [1.54, 1.807) is 6.07 Å². The number of carboxylic acid groups (broad SMARTS) is 1. The van der Waals surface area contributed by atoms with E-state index in [1.807, 2.05) is 30.3 Å². The predicted octanol–water partition coefficient (Wildman–Crippen LogP) is 4.93. The van der Waals surface area contributed by atoms with Gasteiger partial charge in [0.2, 0.25) is 0 Å². The van der Waals surface area contributed by atoms with Crippen molar-refractivity contribution in [3.05, 3.63) is 75.4 Å². The first-order valence-corrected chi connectivity index (χ1v) is 8.34. The Bertz CT molecular complexity index is 1010. The second-order valence-corrected chi connectivity index (χ2v) is 6.30. The number of fused-ring (bicyclic) bond motifs is 1. The molecule has 0 atom stereocenters. The number of benzene rings is 2. The van der Waals surface area contributed by atoms with Crippen molar-refractivity contribution < 1.29 is 19.4 Å². The molecule has 0 aliphatic heterocycles. The first-order valence-electron chi connectivity index (χ1n) is 7.58. The van der Waals surface area contributed by atoms with Crippen LogP contribution in [0.2, 0.25) is 10.0 Å². The number of hydrogen-bond donors (Lipinski definition) is 2. The summed E-state index contributed by atoms with van der Waals surface area (Å²) in [6.45, 7) is 0.125. The highest BCUT2D eigenvalue weighted by atomic mass is 35.5. The lowest BCUT2D eigenvalue weighted by atomic mass is 10.1. The molecule has 3 rings (SSSR count). The zero-order valence-corrected chi connectivity index (χ0v) is 14.8. The molecule has 0 saturated carbocycles. The van der Waals surface area contributed by atoms with Gasteiger partial charge in [-0.05, 0) is 23.8 Å². The van der Waals surface area contributed by atoms with Crippen LogP contribution in [0.25, 0.3) is 17.0 Å². The number of hydrogen-bond acceptors (Lipinski definition) is 3. The van der Waals surface area contributed by atoms with Crippen LogP contribution in [0.4, 0.5) is 0 Å². The number of aromatic nitrogens is 1. The largest absolute Gasteiger partial charge is 0.477 e. The monoisotopic (exact) mass is 389 g/mol. The molecule has 0 radical (unpaired) electrons. The molecule has 26 heavy (non-hydrogen) atoms. The number of rotatable bonds is 5. The average Bonchev–Trinajstić information content (AvgIpc) is 2.98. The SMILES string of the molecule is O=C(/C=C/c1c(C(=O)O)[nH]c2cc(Cl)cc(Cl)c12)OCc1ccccc1. The van der Waals surface area contributed by atoms with Crippen LogP contribution in [0.15, 0.2) is 48.5 Å². The molecule has 0 bridgehead atoms. The quantitative estimate of drug-likeness (QED) is 0.478. The lowest BCUT2D eigenvalue weighted by Crippen LogP contribution is -2.01. The molecule has 0 aliphatic rings. The van der Waals surface area contributed by atoms with Crippen LogP contribution in [0.5, 0.6) is 0 Å². The van der Waals surface area contributed by atoms with Gasteiger partial charge in [-0.25, -0.2) is 9.59 Å². The highest BCUT2D eigenvalue weighted by Gasteiger charge is 2.18. The van der Waals surface area contributed by atoms with E-state index in [0.29, 0.717) is 15.9 Å². The predicted molar refractivity (Wildman–Crippen MR) is 101 cm³/mol. The number of nitrogens with one attached hydrogen (secondary N) is 1. The van der Waals surface area contributed by atoms with Gasteiger partial charge >= 0.3 is 11.9 Å². The lowest BCUT2D eigenvalue weighted by Gasteiger charge is -2.02. The number of aromatic carboxylic acids is 1. The van der Waals surface area contributed by atoms with E-state index in [9.17, 15) is 14.7 Å². The molecule has 0 unspecified atom stereocenters. The van der Waals surface area contributed by atoms with Crippen LogP contribution >= 0.6 is 23.2 Å². The number of ether oxygens (including phenoxy) is 1. The molecule has 0 saturated heterocycles. The van der Waals surface area contributed by atoms with Gasteiger partial charge in [0.05, 0.1) is 5.02 Å². The van der Waals surface area contributed by atoms with Gasteiger partial charge in [-0.2, -0.15) is 0 Å². The molecule has 0 aliphatic carbocycles. The third-order valence-electron chi connectivity index (χ3n) is 3.68. The molecule has 2 aromatic carbocycles. The highest BCUT2D eigenvalue weighted by Crippen LogP contribution is 2.33. The summed E-state index contributed by atoms with van der Waals surface area (Å²) in [5.74, 6) is -1.77. The molecular formula is C19H13Cl2NO4. The minimum absolute atomic E-state index is 0.0868. The number of carbonyl (C=O) groups is 2. The first kappa shape index (κ1) is 18.0. The van der Waals surface area contributed by atoms with Gasteiger partial charge in [0, 0.05) is 27.6 Å². The van der Waals surface area contributed by atoms with E-state index in [-0.39, 0.29) is 22.9 Å². The van der Waals surface area contributed by atoms with Gasteiger partial charge in [-0.3, -0.25) is 0 Å². The topological polar surface area (TPSA) is 79.4 Å². The van der Waals surface area contributed by atoms with Gasteiger partial charge in [0.25, 0.3) is 0 Å². The zero-order chi connectivity index (χ0) is 18.7. The van der Waals surface area contributed by atoms with Gasteiger partial charge in [-0.1, -0.05) is 53.5 Å². The zero-order valence-electron chi connectivity index (χ0n) is 13.3.